The molecule has 0 aliphatic carbocycles. The Kier molecular flexibility index (Phi) is 7.96. The quantitative estimate of drug-likeness (QED) is 0.182. The Morgan fingerprint density at radius 3 is 2.41 bits per heavy atom. The van der Waals surface area contributed by atoms with E-state index in [1.807, 2.05) is 0 Å². The summed E-state index contributed by atoms with van der Waals surface area (Å²) in [5.41, 5.74) is 0.121. The summed E-state index contributed by atoms with van der Waals surface area (Å²) in [5, 5.41) is 13.0. The van der Waals surface area contributed by atoms with Gasteiger partial charge in [-0.25, -0.2) is 9.69 Å². The summed E-state index contributed by atoms with van der Waals surface area (Å²) in [5.74, 6) is -0.707. The lowest BCUT2D eigenvalue weighted by molar-refractivity contribution is -0.384. The summed E-state index contributed by atoms with van der Waals surface area (Å²) < 4.78 is 11.2. The van der Waals surface area contributed by atoms with Gasteiger partial charge in [-0.1, -0.05) is 32.3 Å². The largest absolute Gasteiger partial charge is 0.493 e. The molecule has 10 heteroatoms. The third kappa shape index (κ3) is 5.58. The van der Waals surface area contributed by atoms with Crippen molar-refractivity contribution >= 4 is 35.3 Å². The van der Waals surface area contributed by atoms with E-state index in [2.05, 4.69) is 12.2 Å². The standard InChI is InChI=1S/C24H25N3O7/c1-3-4-5-6-13-34-20-12-7-16(15-21(20)33-2)14-19-22(28)25-24(30)26(23(19)29)17-8-10-18(11-9-17)27(31)32/h7-12,14-15H,3-6,13H2,1-2H3,(H,25,28,30)/b19-14-. The molecule has 178 valence electrons. The predicted molar refractivity (Wildman–Crippen MR) is 125 cm³/mol. The summed E-state index contributed by atoms with van der Waals surface area (Å²) in [6.45, 7) is 2.68. The van der Waals surface area contributed by atoms with Crippen LogP contribution in [0.25, 0.3) is 6.08 Å². The maximum Gasteiger partial charge on any atom is 0.335 e. The molecule has 3 rings (SSSR count). The van der Waals surface area contributed by atoms with Crippen LogP contribution in [0.3, 0.4) is 0 Å². The van der Waals surface area contributed by atoms with Crippen molar-refractivity contribution in [3.05, 3.63) is 63.7 Å². The molecule has 1 N–H and O–H groups in total. The van der Waals surface area contributed by atoms with Crippen molar-refractivity contribution in [2.75, 3.05) is 18.6 Å². The SMILES string of the molecule is CCCCCCOc1ccc(/C=C2/C(=O)NC(=O)N(c3ccc([N+](=O)[O-])cc3)C2=O)cc1OC. The molecule has 1 aliphatic heterocycles. The van der Waals surface area contributed by atoms with Gasteiger partial charge in [0.2, 0.25) is 0 Å². The van der Waals surface area contributed by atoms with Crippen LogP contribution in [0.1, 0.15) is 38.2 Å². The minimum atomic E-state index is -0.939. The number of non-ortho nitro benzene ring substituents is 1. The molecule has 0 atom stereocenters. The van der Waals surface area contributed by atoms with Gasteiger partial charge >= 0.3 is 6.03 Å². The zero-order valence-corrected chi connectivity index (χ0v) is 18.9. The molecule has 1 fully saturated rings. The number of nitro groups is 1. The number of amides is 4. The Bertz CT molecular complexity index is 1130. The fraction of sp³-hybridized carbons (Fsp3) is 0.292. The first-order valence-corrected chi connectivity index (χ1v) is 10.8. The van der Waals surface area contributed by atoms with E-state index in [1.54, 1.807) is 18.2 Å². The second-order valence-electron chi connectivity index (χ2n) is 7.55. The molecule has 0 unspecified atom stereocenters. The molecule has 1 saturated heterocycles. The number of ether oxygens (including phenoxy) is 2. The van der Waals surface area contributed by atoms with Crippen LogP contribution in [0, 0.1) is 10.1 Å². The van der Waals surface area contributed by atoms with Gasteiger partial charge in [0, 0.05) is 12.1 Å². The molecule has 34 heavy (non-hydrogen) atoms. The van der Waals surface area contributed by atoms with Crippen molar-refractivity contribution in [1.29, 1.82) is 0 Å². The van der Waals surface area contributed by atoms with E-state index in [0.29, 0.717) is 23.7 Å². The molecule has 1 heterocycles. The highest BCUT2D eigenvalue weighted by Gasteiger charge is 2.37. The lowest BCUT2D eigenvalue weighted by atomic mass is 10.1. The number of hydrogen-bond acceptors (Lipinski definition) is 7. The van der Waals surface area contributed by atoms with Crippen LogP contribution in [0.15, 0.2) is 48.0 Å². The van der Waals surface area contributed by atoms with Gasteiger partial charge in [0.1, 0.15) is 5.57 Å². The maximum absolute atomic E-state index is 13.0. The Morgan fingerprint density at radius 2 is 1.76 bits per heavy atom. The third-order valence-electron chi connectivity index (χ3n) is 5.17. The first kappa shape index (κ1) is 24.4. The van der Waals surface area contributed by atoms with Crippen LogP contribution in [0.5, 0.6) is 11.5 Å². The number of barbiturate groups is 1. The van der Waals surface area contributed by atoms with Crippen molar-refractivity contribution < 1.29 is 28.8 Å². The number of carbonyl (C=O) groups is 3. The highest BCUT2D eigenvalue weighted by Crippen LogP contribution is 2.30. The lowest BCUT2D eigenvalue weighted by Crippen LogP contribution is -2.54. The average molecular weight is 467 g/mol. The highest BCUT2D eigenvalue weighted by molar-refractivity contribution is 6.39. The molecule has 10 nitrogen and oxygen atoms in total. The zero-order chi connectivity index (χ0) is 24.7. The molecule has 0 radical (unpaired) electrons. The topological polar surface area (TPSA) is 128 Å². The fourth-order valence-electron chi connectivity index (χ4n) is 3.39. The number of benzene rings is 2. The molecule has 0 aromatic heterocycles. The first-order chi connectivity index (χ1) is 16.3. The van der Waals surface area contributed by atoms with Gasteiger partial charge in [-0.3, -0.25) is 25.0 Å². The van der Waals surface area contributed by atoms with Gasteiger partial charge in [-0.15, -0.1) is 0 Å². The average Bonchev–Trinajstić information content (AvgIpc) is 2.82. The Labute approximate surface area is 196 Å². The van der Waals surface area contributed by atoms with E-state index >= 15 is 0 Å². The van der Waals surface area contributed by atoms with E-state index < -0.39 is 22.8 Å². The molecule has 0 bridgehead atoms. The third-order valence-corrected chi connectivity index (χ3v) is 5.17. The van der Waals surface area contributed by atoms with Crippen LogP contribution in [-0.2, 0) is 9.59 Å². The normalized spacial score (nSPS) is 14.8. The number of hydrogen-bond donors (Lipinski definition) is 1. The summed E-state index contributed by atoms with van der Waals surface area (Å²) in [7, 11) is 1.49. The number of methoxy groups -OCH3 is 1. The molecule has 2 aromatic rings. The molecule has 1 aliphatic rings. The summed E-state index contributed by atoms with van der Waals surface area (Å²) in [4.78, 5) is 48.7. The van der Waals surface area contributed by atoms with Crippen LogP contribution >= 0.6 is 0 Å². The molecule has 4 amide bonds. The number of anilines is 1. The van der Waals surface area contributed by atoms with Crippen molar-refractivity contribution in [3.63, 3.8) is 0 Å². The van der Waals surface area contributed by atoms with Crippen LogP contribution in [0.2, 0.25) is 0 Å². The van der Waals surface area contributed by atoms with Gasteiger partial charge in [0.25, 0.3) is 17.5 Å². The van der Waals surface area contributed by atoms with Gasteiger partial charge in [-0.2, -0.15) is 0 Å². The van der Waals surface area contributed by atoms with E-state index in [-0.39, 0.29) is 16.9 Å². The molecule has 0 saturated carbocycles. The monoisotopic (exact) mass is 467 g/mol. The number of carbonyl (C=O) groups excluding carboxylic acids is 3. The van der Waals surface area contributed by atoms with Crippen molar-refractivity contribution in [1.82, 2.24) is 5.32 Å². The number of nitrogens with zero attached hydrogens (tertiary/aromatic N) is 2. The van der Waals surface area contributed by atoms with E-state index in [1.165, 1.54) is 37.5 Å². The van der Waals surface area contributed by atoms with E-state index in [9.17, 15) is 24.5 Å². The predicted octanol–water partition coefficient (Wildman–Crippen LogP) is 4.23. The second-order valence-corrected chi connectivity index (χ2v) is 7.55. The van der Waals surface area contributed by atoms with Crippen molar-refractivity contribution in [2.24, 2.45) is 0 Å². The maximum atomic E-state index is 13.0. The molecular weight excluding hydrogens is 442 g/mol. The van der Waals surface area contributed by atoms with Gasteiger partial charge < -0.3 is 9.47 Å². The van der Waals surface area contributed by atoms with E-state index in [0.717, 1.165) is 30.6 Å². The molecule has 0 spiro atoms. The Hall–Kier alpha value is -4.21. The minimum absolute atomic E-state index is 0.0934. The Balaban J connectivity index is 1.83. The summed E-state index contributed by atoms with van der Waals surface area (Å²) in [6, 6.07) is 8.91. The lowest BCUT2D eigenvalue weighted by Gasteiger charge is -2.26. The van der Waals surface area contributed by atoms with Crippen molar-refractivity contribution in [2.45, 2.75) is 32.6 Å². The zero-order valence-electron chi connectivity index (χ0n) is 18.9. The molecule has 2 aromatic carbocycles. The number of imide groups is 2. The smallest absolute Gasteiger partial charge is 0.335 e. The highest BCUT2D eigenvalue weighted by atomic mass is 16.6. The van der Waals surface area contributed by atoms with Crippen LogP contribution < -0.4 is 19.7 Å². The minimum Gasteiger partial charge on any atom is -0.493 e. The second kappa shape index (κ2) is 11.1. The van der Waals surface area contributed by atoms with E-state index in [4.69, 9.17) is 9.47 Å². The first-order valence-electron chi connectivity index (χ1n) is 10.8. The summed E-state index contributed by atoms with van der Waals surface area (Å²) in [6.07, 6.45) is 5.61. The van der Waals surface area contributed by atoms with Gasteiger partial charge in [-0.05, 0) is 42.3 Å². The number of unbranched alkanes of at least 4 members (excludes halogenated alkanes) is 3. The van der Waals surface area contributed by atoms with Crippen LogP contribution in [-0.4, -0.2) is 36.5 Å². The van der Waals surface area contributed by atoms with Gasteiger partial charge in [0.15, 0.2) is 11.5 Å². The number of urea groups is 1. The summed E-state index contributed by atoms with van der Waals surface area (Å²) >= 11 is 0. The van der Waals surface area contributed by atoms with Crippen LogP contribution in [0.4, 0.5) is 16.2 Å². The Morgan fingerprint density at radius 1 is 1.03 bits per heavy atom. The number of rotatable bonds is 10. The van der Waals surface area contributed by atoms with Crippen molar-refractivity contribution in [3.8, 4) is 11.5 Å². The van der Waals surface area contributed by atoms with Gasteiger partial charge in [0.05, 0.1) is 24.3 Å². The fourth-order valence-corrected chi connectivity index (χ4v) is 3.39. The number of nitro benzene ring substituents is 1. The molecular formula is C24H25N3O7. The number of nitrogens with one attached hydrogen (secondary N) is 1.